The van der Waals surface area contributed by atoms with E-state index in [0.29, 0.717) is 26.3 Å². The fourth-order valence-corrected chi connectivity index (χ4v) is 1.73. The zero-order valence-corrected chi connectivity index (χ0v) is 12.1. The van der Waals surface area contributed by atoms with Gasteiger partial charge in [-0.1, -0.05) is 0 Å². The first kappa shape index (κ1) is 17.3. The van der Waals surface area contributed by atoms with E-state index in [-0.39, 0.29) is 6.04 Å². The molecule has 2 atom stereocenters. The third-order valence-corrected chi connectivity index (χ3v) is 2.80. The van der Waals surface area contributed by atoms with Crippen LogP contribution in [-0.2, 0) is 19.0 Å². The van der Waals surface area contributed by atoms with Crippen LogP contribution < -0.4 is 5.73 Å². The van der Waals surface area contributed by atoms with Gasteiger partial charge in [0, 0.05) is 33.4 Å². The first-order valence-electron chi connectivity index (χ1n) is 5.98. The van der Waals surface area contributed by atoms with Crippen LogP contribution in [0.15, 0.2) is 0 Å². The van der Waals surface area contributed by atoms with Crippen molar-refractivity contribution in [2.45, 2.75) is 25.4 Å². The second-order valence-electron chi connectivity index (χ2n) is 4.68. The second-order valence-corrected chi connectivity index (χ2v) is 4.68. The van der Waals surface area contributed by atoms with E-state index in [9.17, 15) is 4.79 Å². The Morgan fingerprint density at radius 3 is 2.39 bits per heavy atom. The smallest absolute Gasteiger partial charge is 0.326 e. The molecule has 6 heteroatoms. The van der Waals surface area contributed by atoms with Crippen LogP contribution in [-0.4, -0.2) is 70.1 Å². The number of rotatable bonds is 9. The van der Waals surface area contributed by atoms with Crippen LogP contribution in [0.1, 0.15) is 13.8 Å². The summed E-state index contributed by atoms with van der Waals surface area (Å²) >= 11 is 0. The predicted molar refractivity (Wildman–Crippen MR) is 69.4 cm³/mol. The monoisotopic (exact) mass is 262 g/mol. The number of ether oxygens (including phenoxy) is 3. The first-order valence-corrected chi connectivity index (χ1v) is 5.98. The highest BCUT2D eigenvalue weighted by atomic mass is 16.5. The van der Waals surface area contributed by atoms with Gasteiger partial charge in [0.05, 0.1) is 20.3 Å². The van der Waals surface area contributed by atoms with E-state index < -0.39 is 11.5 Å². The van der Waals surface area contributed by atoms with Gasteiger partial charge in [-0.15, -0.1) is 0 Å². The van der Waals surface area contributed by atoms with Crippen LogP contribution in [0.3, 0.4) is 0 Å². The molecule has 0 bridgehead atoms. The number of hydrogen-bond donors (Lipinski definition) is 1. The van der Waals surface area contributed by atoms with Crippen molar-refractivity contribution in [3.8, 4) is 0 Å². The van der Waals surface area contributed by atoms with Crippen LogP contribution in [0.5, 0.6) is 0 Å². The molecule has 0 rings (SSSR count). The van der Waals surface area contributed by atoms with Crippen molar-refractivity contribution in [2.75, 3.05) is 47.6 Å². The summed E-state index contributed by atoms with van der Waals surface area (Å²) in [6.45, 7) is 5.91. The molecule has 2 unspecified atom stereocenters. The summed E-state index contributed by atoms with van der Waals surface area (Å²) in [6, 6.07) is 0.151. The van der Waals surface area contributed by atoms with E-state index in [4.69, 9.17) is 19.9 Å². The van der Waals surface area contributed by atoms with Crippen molar-refractivity contribution in [3.63, 3.8) is 0 Å². The molecule has 18 heavy (non-hydrogen) atoms. The Morgan fingerprint density at radius 2 is 1.94 bits per heavy atom. The molecule has 0 amide bonds. The highest BCUT2D eigenvalue weighted by molar-refractivity contribution is 5.80. The molecule has 2 N–H and O–H groups in total. The van der Waals surface area contributed by atoms with Gasteiger partial charge in [-0.3, -0.25) is 9.69 Å². The minimum Gasteiger partial charge on any atom is -0.468 e. The minimum atomic E-state index is -1.04. The van der Waals surface area contributed by atoms with Gasteiger partial charge < -0.3 is 19.9 Å². The standard InChI is InChI=1S/C12H26N2O4/c1-10(8-17-4)14(6-7-16-3)9-12(2,13)11(15)18-5/h10H,6-9,13H2,1-5H3. The maximum atomic E-state index is 11.6. The van der Waals surface area contributed by atoms with E-state index in [2.05, 4.69) is 4.90 Å². The van der Waals surface area contributed by atoms with Crippen LogP contribution in [0.2, 0.25) is 0 Å². The summed E-state index contributed by atoms with van der Waals surface area (Å²) in [6.07, 6.45) is 0. The molecule has 0 heterocycles. The summed E-state index contributed by atoms with van der Waals surface area (Å²) in [5.74, 6) is -0.422. The van der Waals surface area contributed by atoms with Crippen molar-refractivity contribution in [3.05, 3.63) is 0 Å². The molecule has 0 aromatic carbocycles. The normalized spacial score (nSPS) is 16.4. The van der Waals surface area contributed by atoms with Gasteiger partial charge in [0.1, 0.15) is 5.54 Å². The van der Waals surface area contributed by atoms with Crippen LogP contribution in [0.25, 0.3) is 0 Å². The molecule has 0 saturated heterocycles. The molecule has 0 spiro atoms. The summed E-state index contributed by atoms with van der Waals surface area (Å²) in [5.41, 5.74) is 4.94. The molecule has 0 aliphatic heterocycles. The third-order valence-electron chi connectivity index (χ3n) is 2.80. The number of nitrogens with zero attached hydrogens (tertiary/aromatic N) is 1. The Labute approximate surface area is 109 Å². The quantitative estimate of drug-likeness (QED) is 0.583. The van der Waals surface area contributed by atoms with Gasteiger partial charge in [0.2, 0.25) is 0 Å². The topological polar surface area (TPSA) is 74.0 Å². The Kier molecular flexibility index (Phi) is 8.10. The van der Waals surface area contributed by atoms with E-state index >= 15 is 0 Å². The lowest BCUT2D eigenvalue weighted by Crippen LogP contribution is -2.57. The third kappa shape index (κ3) is 5.77. The molecular weight excluding hydrogens is 236 g/mol. The Hall–Kier alpha value is -0.690. The molecule has 0 aliphatic carbocycles. The van der Waals surface area contributed by atoms with Gasteiger partial charge in [-0.05, 0) is 13.8 Å². The van der Waals surface area contributed by atoms with Crippen LogP contribution in [0, 0.1) is 0 Å². The number of esters is 1. The van der Waals surface area contributed by atoms with E-state index in [1.165, 1.54) is 7.11 Å². The number of hydrogen-bond acceptors (Lipinski definition) is 6. The average Bonchev–Trinajstić information content (AvgIpc) is 2.33. The van der Waals surface area contributed by atoms with Crippen molar-refractivity contribution in [1.29, 1.82) is 0 Å². The number of carbonyl (C=O) groups is 1. The first-order chi connectivity index (χ1) is 8.38. The minimum absolute atomic E-state index is 0.151. The maximum Gasteiger partial charge on any atom is 0.326 e. The van der Waals surface area contributed by atoms with Crippen molar-refractivity contribution >= 4 is 5.97 Å². The molecule has 0 saturated carbocycles. The largest absolute Gasteiger partial charge is 0.468 e. The van der Waals surface area contributed by atoms with Crippen LogP contribution >= 0.6 is 0 Å². The van der Waals surface area contributed by atoms with E-state index in [0.717, 1.165) is 0 Å². The molecule has 0 fully saturated rings. The predicted octanol–water partition coefficient (Wildman–Crippen LogP) is -0.140. The van der Waals surface area contributed by atoms with Gasteiger partial charge in [0.15, 0.2) is 0 Å². The van der Waals surface area contributed by atoms with E-state index in [1.54, 1.807) is 21.1 Å². The summed E-state index contributed by atoms with van der Waals surface area (Å²) in [5, 5.41) is 0. The number of carbonyl (C=O) groups excluding carboxylic acids is 1. The lowest BCUT2D eigenvalue weighted by molar-refractivity contribution is -0.147. The highest BCUT2D eigenvalue weighted by Gasteiger charge is 2.33. The fraction of sp³-hybridized carbons (Fsp3) is 0.917. The van der Waals surface area contributed by atoms with Gasteiger partial charge >= 0.3 is 5.97 Å². The summed E-state index contributed by atoms with van der Waals surface area (Å²) in [7, 11) is 4.62. The fourth-order valence-electron chi connectivity index (χ4n) is 1.73. The molecule has 6 nitrogen and oxygen atoms in total. The molecule has 0 aliphatic rings. The van der Waals surface area contributed by atoms with Crippen molar-refractivity contribution in [1.82, 2.24) is 4.90 Å². The maximum absolute atomic E-state index is 11.6. The number of methoxy groups -OCH3 is 3. The van der Waals surface area contributed by atoms with Crippen molar-refractivity contribution in [2.24, 2.45) is 5.73 Å². The Bertz CT molecular complexity index is 246. The lowest BCUT2D eigenvalue weighted by Gasteiger charge is -2.34. The Morgan fingerprint density at radius 1 is 1.33 bits per heavy atom. The van der Waals surface area contributed by atoms with Gasteiger partial charge in [-0.2, -0.15) is 0 Å². The number of nitrogens with two attached hydrogens (primary N) is 1. The molecular formula is C12H26N2O4. The van der Waals surface area contributed by atoms with E-state index in [1.807, 2.05) is 6.92 Å². The SMILES string of the molecule is COCCN(CC(C)(N)C(=O)OC)C(C)COC. The average molecular weight is 262 g/mol. The molecule has 0 radical (unpaired) electrons. The molecule has 0 aromatic rings. The van der Waals surface area contributed by atoms with Gasteiger partial charge in [0.25, 0.3) is 0 Å². The van der Waals surface area contributed by atoms with Gasteiger partial charge in [-0.25, -0.2) is 0 Å². The summed E-state index contributed by atoms with van der Waals surface area (Å²) in [4.78, 5) is 13.6. The Balaban J connectivity index is 4.60. The highest BCUT2D eigenvalue weighted by Crippen LogP contribution is 2.09. The zero-order chi connectivity index (χ0) is 14.2. The van der Waals surface area contributed by atoms with Crippen molar-refractivity contribution < 1.29 is 19.0 Å². The summed E-state index contributed by atoms with van der Waals surface area (Å²) < 4.78 is 14.9. The second kappa shape index (κ2) is 8.42. The molecule has 108 valence electrons. The molecule has 0 aromatic heterocycles. The van der Waals surface area contributed by atoms with Crippen LogP contribution in [0.4, 0.5) is 0 Å². The zero-order valence-electron chi connectivity index (χ0n) is 12.1. The lowest BCUT2D eigenvalue weighted by atomic mass is 10.0.